The fourth-order valence-electron chi connectivity index (χ4n) is 3.72. The summed E-state index contributed by atoms with van der Waals surface area (Å²) >= 11 is 0. The number of rotatable bonds is 6. The van der Waals surface area contributed by atoms with Crippen LogP contribution in [0.1, 0.15) is 47.8 Å². The molecule has 0 spiro atoms. The number of aliphatic imine (C=N–C) groups is 1. The summed E-state index contributed by atoms with van der Waals surface area (Å²) in [5, 5.41) is 5.92. The van der Waals surface area contributed by atoms with E-state index in [1.165, 1.54) is 6.20 Å². The largest absolute Gasteiger partial charge is 0.402 e. The Morgan fingerprint density at radius 3 is 2.52 bits per heavy atom. The van der Waals surface area contributed by atoms with Gasteiger partial charge in [0.25, 0.3) is 5.91 Å². The van der Waals surface area contributed by atoms with Gasteiger partial charge in [-0.2, -0.15) is 0 Å². The summed E-state index contributed by atoms with van der Waals surface area (Å²) in [7, 11) is 0. The summed E-state index contributed by atoms with van der Waals surface area (Å²) in [4.78, 5) is 33.3. The quantitative estimate of drug-likeness (QED) is 0.461. The summed E-state index contributed by atoms with van der Waals surface area (Å²) in [5.41, 5.74) is 9.93. The lowest BCUT2D eigenvalue weighted by Gasteiger charge is -2.21. The number of allylic oxidation sites excluding steroid dienone is 1. The zero-order valence-corrected chi connectivity index (χ0v) is 18.7. The third kappa shape index (κ3) is 4.87. The predicted octanol–water partition coefficient (Wildman–Crippen LogP) is 4.11. The maximum Gasteiger partial charge on any atom is 0.257 e. The summed E-state index contributed by atoms with van der Waals surface area (Å²) in [6, 6.07) is 17.7. The second-order valence-electron chi connectivity index (χ2n) is 7.95. The van der Waals surface area contributed by atoms with Crippen LogP contribution in [0.3, 0.4) is 0 Å². The highest BCUT2D eigenvalue weighted by Crippen LogP contribution is 2.25. The number of anilines is 1. The van der Waals surface area contributed by atoms with Crippen LogP contribution in [0, 0.1) is 0 Å². The van der Waals surface area contributed by atoms with Crippen LogP contribution >= 0.6 is 0 Å². The fourth-order valence-corrected chi connectivity index (χ4v) is 3.72. The number of fused-ring (bicyclic) bond motifs is 1. The summed E-state index contributed by atoms with van der Waals surface area (Å²) < 4.78 is 0. The monoisotopic (exact) mass is 441 g/mol. The Balaban J connectivity index is 1.46. The van der Waals surface area contributed by atoms with E-state index in [1.54, 1.807) is 6.08 Å². The number of aromatic amines is 1. The molecule has 1 unspecified atom stereocenters. The van der Waals surface area contributed by atoms with Gasteiger partial charge in [0.2, 0.25) is 5.43 Å². The number of H-pyrrole nitrogens is 1. The van der Waals surface area contributed by atoms with E-state index in [0.29, 0.717) is 35.9 Å². The van der Waals surface area contributed by atoms with E-state index in [4.69, 9.17) is 5.73 Å². The molecule has 0 aliphatic carbocycles. The molecule has 7 nitrogen and oxygen atoms in total. The second-order valence-corrected chi connectivity index (χ2v) is 7.95. The Morgan fingerprint density at radius 2 is 1.82 bits per heavy atom. The van der Waals surface area contributed by atoms with Crippen molar-refractivity contribution in [2.45, 2.75) is 32.9 Å². The molecule has 1 amide bonds. The molecule has 2 heterocycles. The van der Waals surface area contributed by atoms with Crippen molar-refractivity contribution in [3.05, 3.63) is 99.5 Å². The lowest BCUT2D eigenvalue weighted by molar-refractivity contribution is 0.0949. The van der Waals surface area contributed by atoms with Crippen LogP contribution < -0.4 is 21.8 Å². The predicted molar refractivity (Wildman–Crippen MR) is 132 cm³/mol. The van der Waals surface area contributed by atoms with Crippen molar-refractivity contribution < 1.29 is 4.79 Å². The molecule has 168 valence electrons. The molecular weight excluding hydrogens is 414 g/mol. The van der Waals surface area contributed by atoms with Crippen LogP contribution in [-0.2, 0) is 6.54 Å². The lowest BCUT2D eigenvalue weighted by atomic mass is 10.0. The number of aromatic nitrogens is 1. The van der Waals surface area contributed by atoms with Gasteiger partial charge in [-0.1, -0.05) is 61.5 Å². The summed E-state index contributed by atoms with van der Waals surface area (Å²) in [5.74, 6) is 0.690. The van der Waals surface area contributed by atoms with E-state index < -0.39 is 11.9 Å². The maximum absolute atomic E-state index is 13.0. The highest BCUT2D eigenvalue weighted by Gasteiger charge is 2.24. The van der Waals surface area contributed by atoms with E-state index in [2.05, 4.69) is 32.7 Å². The number of nitrogens with two attached hydrogens (primary N) is 1. The number of pyridine rings is 1. The first kappa shape index (κ1) is 22.1. The Morgan fingerprint density at radius 1 is 1.12 bits per heavy atom. The van der Waals surface area contributed by atoms with Crippen molar-refractivity contribution in [1.29, 1.82) is 0 Å². The second kappa shape index (κ2) is 9.56. The van der Waals surface area contributed by atoms with Crippen molar-refractivity contribution >= 4 is 17.6 Å². The van der Waals surface area contributed by atoms with Gasteiger partial charge in [-0.15, -0.1) is 0 Å². The number of amidine groups is 1. The van der Waals surface area contributed by atoms with Crippen molar-refractivity contribution in [2.75, 3.05) is 5.32 Å². The number of nitrogens with zero attached hydrogens (tertiary/aromatic N) is 1. The lowest BCUT2D eigenvalue weighted by Crippen LogP contribution is -2.33. The normalized spacial score (nSPS) is 15.3. The molecule has 1 aliphatic rings. The molecule has 1 aliphatic heterocycles. The minimum Gasteiger partial charge on any atom is -0.402 e. The van der Waals surface area contributed by atoms with Gasteiger partial charge in [0.05, 0.1) is 11.6 Å². The number of benzene rings is 2. The molecule has 3 aromatic rings. The Hall–Kier alpha value is -4.13. The van der Waals surface area contributed by atoms with E-state index >= 15 is 0 Å². The summed E-state index contributed by atoms with van der Waals surface area (Å²) in [6.07, 6.45) is 3.89. The van der Waals surface area contributed by atoms with Gasteiger partial charge < -0.3 is 21.4 Å². The molecule has 1 aromatic heterocycles. The van der Waals surface area contributed by atoms with Gasteiger partial charge in [0.15, 0.2) is 0 Å². The van der Waals surface area contributed by atoms with Gasteiger partial charge in [-0.3, -0.25) is 14.6 Å². The maximum atomic E-state index is 13.0. The number of amides is 1. The molecule has 33 heavy (non-hydrogen) atoms. The molecule has 0 saturated carbocycles. The minimum absolute atomic E-state index is 0.0607. The van der Waals surface area contributed by atoms with Crippen molar-refractivity contribution in [3.63, 3.8) is 0 Å². The Labute approximate surface area is 192 Å². The Kier molecular flexibility index (Phi) is 6.40. The first-order valence-electron chi connectivity index (χ1n) is 10.9. The molecule has 4 rings (SSSR count). The smallest absolute Gasteiger partial charge is 0.257 e. The topological polar surface area (TPSA) is 112 Å². The van der Waals surface area contributed by atoms with Crippen molar-refractivity contribution in [3.8, 4) is 11.1 Å². The third-order valence-corrected chi connectivity index (χ3v) is 5.61. The molecule has 0 radical (unpaired) electrons. The standard InChI is InChI=1S/C26H27N5O2/c1-3-20(27)13-22-30-16(2)23-24(32)21(15-28-25(23)31-22)26(33)29-14-17-9-11-19(12-10-17)18-7-5-4-6-8-18/h4-13,15-16H,3,14,27H2,1-2H3,(H,29,33)(H2,28,30,31,32)/b20-13-. The van der Waals surface area contributed by atoms with Gasteiger partial charge >= 0.3 is 0 Å². The molecular formula is C26H27N5O2. The van der Waals surface area contributed by atoms with Gasteiger partial charge in [0, 0.05) is 18.4 Å². The molecule has 2 aromatic carbocycles. The average Bonchev–Trinajstić information content (AvgIpc) is 2.83. The first-order chi connectivity index (χ1) is 16.0. The van der Waals surface area contributed by atoms with Gasteiger partial charge in [-0.25, -0.2) is 0 Å². The molecule has 1 atom stereocenters. The number of carbonyl (C=O) groups is 1. The van der Waals surface area contributed by atoms with E-state index in [0.717, 1.165) is 16.7 Å². The average molecular weight is 442 g/mol. The molecule has 0 bridgehead atoms. The molecule has 0 saturated heterocycles. The van der Waals surface area contributed by atoms with E-state index in [9.17, 15) is 9.59 Å². The molecule has 7 heteroatoms. The zero-order valence-electron chi connectivity index (χ0n) is 18.7. The zero-order chi connectivity index (χ0) is 23.4. The highest BCUT2D eigenvalue weighted by molar-refractivity contribution is 6.05. The summed E-state index contributed by atoms with van der Waals surface area (Å²) in [6.45, 7) is 4.10. The van der Waals surface area contributed by atoms with Gasteiger partial charge in [-0.05, 0) is 36.1 Å². The van der Waals surface area contributed by atoms with Crippen LogP contribution in [-0.4, -0.2) is 16.7 Å². The SMILES string of the molecule is CC/C(N)=C/C1=NC(C)c2c([nH]cc(C(=O)NCc3ccc(-c4ccccc4)cc3)c2=O)N1. The number of carbonyl (C=O) groups excluding carboxylic acids is 1. The number of nitrogens with one attached hydrogen (secondary N) is 3. The van der Waals surface area contributed by atoms with Crippen LogP contribution in [0.25, 0.3) is 11.1 Å². The van der Waals surface area contributed by atoms with Crippen LogP contribution in [0.15, 0.2) is 82.4 Å². The van der Waals surface area contributed by atoms with Crippen molar-refractivity contribution in [1.82, 2.24) is 10.3 Å². The van der Waals surface area contributed by atoms with E-state index in [1.807, 2.05) is 56.3 Å². The van der Waals surface area contributed by atoms with Crippen LogP contribution in [0.4, 0.5) is 5.82 Å². The first-order valence-corrected chi connectivity index (χ1v) is 10.9. The minimum atomic E-state index is -0.428. The van der Waals surface area contributed by atoms with Gasteiger partial charge in [0.1, 0.15) is 17.2 Å². The van der Waals surface area contributed by atoms with Crippen LogP contribution in [0.5, 0.6) is 0 Å². The fraction of sp³-hybridized carbons (Fsp3) is 0.192. The Bertz CT molecular complexity index is 1270. The molecule has 0 fully saturated rings. The third-order valence-electron chi connectivity index (χ3n) is 5.61. The number of hydrogen-bond donors (Lipinski definition) is 4. The molecule has 5 N–H and O–H groups in total. The number of hydrogen-bond acceptors (Lipinski definition) is 5. The van der Waals surface area contributed by atoms with Crippen LogP contribution in [0.2, 0.25) is 0 Å². The highest BCUT2D eigenvalue weighted by atomic mass is 16.2. The van der Waals surface area contributed by atoms with Crippen molar-refractivity contribution in [2.24, 2.45) is 10.7 Å². The van der Waals surface area contributed by atoms with E-state index in [-0.39, 0.29) is 11.0 Å².